The van der Waals surface area contributed by atoms with Gasteiger partial charge in [-0.2, -0.15) is 12.6 Å². The van der Waals surface area contributed by atoms with E-state index in [2.05, 4.69) is 19.6 Å². The summed E-state index contributed by atoms with van der Waals surface area (Å²) in [5, 5.41) is 10.5. The van der Waals surface area contributed by atoms with Crippen LogP contribution in [-0.2, 0) is 0 Å². The number of benzene rings is 1. The number of nitro groups is 1. The van der Waals surface area contributed by atoms with Gasteiger partial charge < -0.3 is 0 Å². The zero-order valence-electron chi connectivity index (χ0n) is 9.83. The Bertz CT molecular complexity index is 354. The summed E-state index contributed by atoms with van der Waals surface area (Å²) in [5.41, 5.74) is 0.147. The first kappa shape index (κ1) is 14.4. The predicted octanol–water partition coefficient (Wildman–Crippen LogP) is 4.03. The molecule has 1 unspecified atom stereocenters. The van der Waals surface area contributed by atoms with Gasteiger partial charge >= 0.3 is 0 Å². The van der Waals surface area contributed by atoms with Crippen LogP contribution in [-0.4, -0.2) is 16.4 Å². The molecule has 0 amide bonds. The number of hydrogen-bond donors (Lipinski definition) is 1. The molecule has 0 aliphatic rings. The average Bonchev–Trinajstić information content (AvgIpc) is 2.35. The van der Waals surface area contributed by atoms with Crippen molar-refractivity contribution < 1.29 is 4.92 Å². The number of thiol groups is 1. The van der Waals surface area contributed by atoms with Crippen LogP contribution in [0.2, 0.25) is 0 Å². The van der Waals surface area contributed by atoms with Crippen molar-refractivity contribution in [3.8, 4) is 0 Å². The Morgan fingerprint density at radius 2 is 2.06 bits per heavy atom. The second-order valence-corrected chi connectivity index (χ2v) is 5.36. The summed E-state index contributed by atoms with van der Waals surface area (Å²) in [7, 11) is 0. The number of nitrogens with zero attached hydrogens (tertiary/aromatic N) is 1. The van der Waals surface area contributed by atoms with Gasteiger partial charge in [-0.25, -0.2) is 0 Å². The molecule has 94 valence electrons. The first-order valence-electron chi connectivity index (χ1n) is 5.65. The van der Waals surface area contributed by atoms with Gasteiger partial charge in [0, 0.05) is 22.8 Å². The summed E-state index contributed by atoms with van der Waals surface area (Å²) in [6.07, 6.45) is 2.36. The molecule has 0 aliphatic carbocycles. The summed E-state index contributed by atoms with van der Waals surface area (Å²) in [6, 6.07) is 6.73. The number of rotatable bonds is 7. The lowest BCUT2D eigenvalue weighted by molar-refractivity contribution is -0.384. The molecule has 0 bridgehead atoms. The van der Waals surface area contributed by atoms with Crippen LogP contribution in [0.5, 0.6) is 0 Å². The average molecular weight is 271 g/mol. The molecule has 1 atom stereocenters. The van der Waals surface area contributed by atoms with Crippen LogP contribution in [0.3, 0.4) is 0 Å². The van der Waals surface area contributed by atoms with Crippen molar-refractivity contribution in [1.82, 2.24) is 0 Å². The molecule has 0 aromatic heterocycles. The molecule has 17 heavy (non-hydrogen) atoms. The highest BCUT2D eigenvalue weighted by Crippen LogP contribution is 2.25. The van der Waals surface area contributed by atoms with Gasteiger partial charge in [-0.05, 0) is 30.2 Å². The van der Waals surface area contributed by atoms with Crippen molar-refractivity contribution in [3.63, 3.8) is 0 Å². The normalized spacial score (nSPS) is 12.4. The molecule has 0 saturated carbocycles. The largest absolute Gasteiger partial charge is 0.269 e. The highest BCUT2D eigenvalue weighted by atomic mass is 32.2. The second kappa shape index (κ2) is 7.61. The molecule has 0 fully saturated rings. The van der Waals surface area contributed by atoms with Gasteiger partial charge in [0.1, 0.15) is 0 Å². The molecule has 0 N–H and O–H groups in total. The third kappa shape index (κ3) is 5.00. The van der Waals surface area contributed by atoms with Gasteiger partial charge in [0.2, 0.25) is 0 Å². The van der Waals surface area contributed by atoms with Crippen molar-refractivity contribution in [2.24, 2.45) is 5.92 Å². The molecule has 1 aromatic rings. The van der Waals surface area contributed by atoms with Crippen LogP contribution in [0.4, 0.5) is 5.69 Å². The van der Waals surface area contributed by atoms with E-state index < -0.39 is 0 Å². The van der Waals surface area contributed by atoms with Gasteiger partial charge in [-0.15, -0.1) is 11.8 Å². The van der Waals surface area contributed by atoms with Crippen molar-refractivity contribution in [1.29, 1.82) is 0 Å². The van der Waals surface area contributed by atoms with E-state index in [9.17, 15) is 10.1 Å². The van der Waals surface area contributed by atoms with Gasteiger partial charge in [-0.1, -0.05) is 13.3 Å². The fourth-order valence-corrected chi connectivity index (χ4v) is 3.04. The monoisotopic (exact) mass is 271 g/mol. The van der Waals surface area contributed by atoms with Gasteiger partial charge in [0.05, 0.1) is 4.92 Å². The lowest BCUT2D eigenvalue weighted by Gasteiger charge is -2.12. The topological polar surface area (TPSA) is 43.1 Å². The van der Waals surface area contributed by atoms with Gasteiger partial charge in [0.15, 0.2) is 0 Å². The van der Waals surface area contributed by atoms with Crippen LogP contribution in [0, 0.1) is 16.0 Å². The van der Waals surface area contributed by atoms with Crippen molar-refractivity contribution in [2.75, 3.05) is 11.5 Å². The third-order valence-corrected chi connectivity index (χ3v) is 4.25. The van der Waals surface area contributed by atoms with E-state index in [0.717, 1.165) is 16.4 Å². The predicted molar refractivity (Wildman–Crippen MR) is 76.1 cm³/mol. The fraction of sp³-hybridized carbons (Fsp3) is 0.500. The maximum Gasteiger partial charge on any atom is 0.269 e. The number of nitro benzene ring substituents is 1. The fourth-order valence-electron chi connectivity index (χ4n) is 1.51. The summed E-state index contributed by atoms with van der Waals surface area (Å²) in [6.45, 7) is 2.17. The quantitative estimate of drug-likeness (QED) is 0.352. The number of non-ortho nitro benzene ring substituents is 1. The van der Waals surface area contributed by atoms with E-state index in [1.54, 1.807) is 23.9 Å². The third-order valence-electron chi connectivity index (χ3n) is 2.49. The summed E-state index contributed by atoms with van der Waals surface area (Å²) >= 11 is 6.08. The van der Waals surface area contributed by atoms with E-state index in [4.69, 9.17) is 0 Å². The molecule has 0 spiro atoms. The van der Waals surface area contributed by atoms with Crippen LogP contribution >= 0.6 is 24.4 Å². The lowest BCUT2D eigenvalue weighted by Crippen LogP contribution is -2.04. The number of thioether (sulfide) groups is 1. The Morgan fingerprint density at radius 1 is 1.41 bits per heavy atom. The zero-order valence-corrected chi connectivity index (χ0v) is 11.5. The minimum Gasteiger partial charge on any atom is -0.258 e. The highest BCUT2D eigenvalue weighted by Gasteiger charge is 2.08. The maximum atomic E-state index is 10.5. The SMILES string of the molecule is CCCC(CS)CSc1ccc([N+](=O)[O-])cc1. The van der Waals surface area contributed by atoms with E-state index in [1.165, 1.54) is 12.8 Å². The minimum atomic E-state index is -0.373. The van der Waals surface area contributed by atoms with Crippen molar-refractivity contribution in [3.05, 3.63) is 34.4 Å². The van der Waals surface area contributed by atoms with Crippen molar-refractivity contribution in [2.45, 2.75) is 24.7 Å². The van der Waals surface area contributed by atoms with Crippen LogP contribution in [0.1, 0.15) is 19.8 Å². The molecule has 0 aliphatic heterocycles. The Labute approximate surface area is 112 Å². The smallest absolute Gasteiger partial charge is 0.258 e. The molecule has 5 heteroatoms. The standard InChI is InChI=1S/C12H17NO2S2/c1-2-3-10(8-16)9-17-12-6-4-11(5-7-12)13(14)15/h4-7,10,16H,2-3,8-9H2,1H3. The Balaban J connectivity index is 2.48. The van der Waals surface area contributed by atoms with Crippen LogP contribution < -0.4 is 0 Å². The zero-order chi connectivity index (χ0) is 12.7. The van der Waals surface area contributed by atoms with Crippen LogP contribution in [0.25, 0.3) is 0 Å². The van der Waals surface area contributed by atoms with E-state index in [0.29, 0.717) is 5.92 Å². The first-order valence-corrected chi connectivity index (χ1v) is 7.27. The first-order chi connectivity index (χ1) is 8.17. The van der Waals surface area contributed by atoms with E-state index in [-0.39, 0.29) is 10.6 Å². The molecule has 0 saturated heterocycles. The van der Waals surface area contributed by atoms with Crippen molar-refractivity contribution >= 4 is 30.1 Å². The Morgan fingerprint density at radius 3 is 2.53 bits per heavy atom. The summed E-state index contributed by atoms with van der Waals surface area (Å²) in [5.74, 6) is 2.53. The highest BCUT2D eigenvalue weighted by molar-refractivity contribution is 7.99. The summed E-state index contributed by atoms with van der Waals surface area (Å²) in [4.78, 5) is 11.2. The van der Waals surface area contributed by atoms with Gasteiger partial charge in [0.25, 0.3) is 5.69 Å². The molecule has 0 heterocycles. The maximum absolute atomic E-state index is 10.5. The molecule has 0 radical (unpaired) electrons. The van der Waals surface area contributed by atoms with Crippen LogP contribution in [0.15, 0.2) is 29.2 Å². The molecular weight excluding hydrogens is 254 g/mol. The molecule has 3 nitrogen and oxygen atoms in total. The van der Waals surface area contributed by atoms with Gasteiger partial charge in [-0.3, -0.25) is 10.1 Å². The lowest BCUT2D eigenvalue weighted by atomic mass is 10.1. The second-order valence-electron chi connectivity index (χ2n) is 3.90. The summed E-state index contributed by atoms with van der Waals surface area (Å²) < 4.78 is 0. The number of hydrogen-bond acceptors (Lipinski definition) is 4. The van der Waals surface area contributed by atoms with E-state index in [1.807, 2.05) is 12.1 Å². The molecular formula is C12H17NO2S2. The van der Waals surface area contributed by atoms with E-state index >= 15 is 0 Å². The molecule has 1 rings (SSSR count). The Kier molecular flexibility index (Phi) is 6.44. The minimum absolute atomic E-state index is 0.147. The molecule has 1 aromatic carbocycles. The Hall–Kier alpha value is -0.680.